The lowest BCUT2D eigenvalue weighted by atomic mass is 10.0. The highest BCUT2D eigenvalue weighted by atomic mass is 35.5. The molecule has 0 heterocycles. The van der Waals surface area contributed by atoms with Crippen LogP contribution in [0.2, 0.25) is 10.0 Å². The Balaban J connectivity index is 2.54. The predicted octanol–water partition coefficient (Wildman–Crippen LogP) is 5.58. The molecule has 0 saturated carbocycles. The van der Waals surface area contributed by atoms with E-state index in [9.17, 15) is 10.1 Å². The van der Waals surface area contributed by atoms with Crippen LogP contribution in [0.1, 0.15) is 11.1 Å². The largest absolute Gasteiger partial charge is 0.288 e. The van der Waals surface area contributed by atoms with E-state index < -0.39 is 9.26 Å². The van der Waals surface area contributed by atoms with Gasteiger partial charge in [-0.1, -0.05) is 64.6 Å². The van der Waals surface area contributed by atoms with Gasteiger partial charge >= 0.3 is 0 Å². The molecule has 0 N–H and O–H groups in total. The fourth-order valence-electron chi connectivity index (χ4n) is 1.70. The second-order valence-electron chi connectivity index (χ2n) is 4.01. The van der Waals surface area contributed by atoms with Gasteiger partial charge in [0.2, 0.25) is 0 Å². The van der Waals surface area contributed by atoms with E-state index in [2.05, 4.69) is 0 Å². The second kappa shape index (κ2) is 5.78. The molecule has 0 fully saturated rings. The highest BCUT2D eigenvalue weighted by molar-refractivity contribution is 6.50. The topological polar surface area (TPSA) is 43.1 Å². The zero-order valence-electron chi connectivity index (χ0n) is 9.82. The van der Waals surface area contributed by atoms with Crippen LogP contribution < -0.4 is 0 Å². The molecule has 0 amide bonds. The molecular formula is C13H7Cl4NO2. The van der Waals surface area contributed by atoms with Gasteiger partial charge in [-0.25, -0.2) is 0 Å². The van der Waals surface area contributed by atoms with Crippen molar-refractivity contribution in [2.75, 3.05) is 0 Å². The summed E-state index contributed by atoms with van der Waals surface area (Å²) in [6.07, 6.45) is 0. The SMILES string of the molecule is O=[N+]([O-])c1cc(C(Cl)(Cl)c2cccc(Cl)c2)ccc1Cl. The Morgan fingerprint density at radius 1 is 1.00 bits per heavy atom. The predicted molar refractivity (Wildman–Crippen MR) is 82.0 cm³/mol. The van der Waals surface area contributed by atoms with Gasteiger partial charge in [0.1, 0.15) is 5.02 Å². The average molecular weight is 351 g/mol. The fourth-order valence-corrected chi connectivity index (χ4v) is 2.55. The quantitative estimate of drug-likeness (QED) is 0.412. The van der Waals surface area contributed by atoms with Crippen molar-refractivity contribution in [3.63, 3.8) is 0 Å². The van der Waals surface area contributed by atoms with Crippen molar-refractivity contribution in [2.45, 2.75) is 4.33 Å². The molecule has 104 valence electrons. The van der Waals surface area contributed by atoms with Crippen LogP contribution in [0, 0.1) is 10.1 Å². The van der Waals surface area contributed by atoms with E-state index in [0.29, 0.717) is 16.1 Å². The summed E-state index contributed by atoms with van der Waals surface area (Å²) in [5, 5.41) is 11.4. The third-order valence-corrected chi connectivity index (χ3v) is 4.12. The molecule has 2 aromatic rings. The summed E-state index contributed by atoms with van der Waals surface area (Å²) in [6.45, 7) is 0. The van der Waals surface area contributed by atoms with Crippen LogP contribution in [-0.2, 0) is 4.33 Å². The molecule has 0 spiro atoms. The molecule has 2 rings (SSSR count). The van der Waals surface area contributed by atoms with E-state index in [-0.39, 0.29) is 10.7 Å². The molecule has 0 unspecified atom stereocenters. The van der Waals surface area contributed by atoms with Crippen molar-refractivity contribution >= 4 is 52.1 Å². The van der Waals surface area contributed by atoms with Gasteiger partial charge in [-0.3, -0.25) is 10.1 Å². The summed E-state index contributed by atoms with van der Waals surface area (Å²) in [4.78, 5) is 10.3. The average Bonchev–Trinajstić information content (AvgIpc) is 2.38. The van der Waals surface area contributed by atoms with Gasteiger partial charge in [0.05, 0.1) is 4.92 Å². The zero-order chi connectivity index (χ0) is 14.9. The number of nitro groups is 1. The molecule has 7 heteroatoms. The Morgan fingerprint density at radius 3 is 2.25 bits per heavy atom. The summed E-state index contributed by atoms with van der Waals surface area (Å²) in [7, 11) is 0. The van der Waals surface area contributed by atoms with Crippen molar-refractivity contribution in [3.8, 4) is 0 Å². The third-order valence-electron chi connectivity index (χ3n) is 2.69. The van der Waals surface area contributed by atoms with Crippen LogP contribution in [0.15, 0.2) is 42.5 Å². The molecule has 3 nitrogen and oxygen atoms in total. The number of nitro benzene ring substituents is 1. The van der Waals surface area contributed by atoms with E-state index in [4.69, 9.17) is 46.4 Å². The Bertz CT molecular complexity index is 673. The summed E-state index contributed by atoms with van der Waals surface area (Å²) in [6, 6.07) is 10.8. The minimum atomic E-state index is -1.46. The van der Waals surface area contributed by atoms with Crippen LogP contribution in [0.3, 0.4) is 0 Å². The number of nitrogens with zero attached hydrogens (tertiary/aromatic N) is 1. The van der Waals surface area contributed by atoms with Gasteiger partial charge in [-0.15, -0.1) is 0 Å². The van der Waals surface area contributed by atoms with Crippen molar-refractivity contribution in [2.24, 2.45) is 0 Å². The van der Waals surface area contributed by atoms with E-state index in [1.54, 1.807) is 24.3 Å². The van der Waals surface area contributed by atoms with Crippen molar-refractivity contribution in [1.29, 1.82) is 0 Å². The lowest BCUT2D eigenvalue weighted by Gasteiger charge is -2.20. The summed E-state index contributed by atoms with van der Waals surface area (Å²) in [5.41, 5.74) is 0.612. The summed E-state index contributed by atoms with van der Waals surface area (Å²) < 4.78 is -1.46. The molecule has 0 aliphatic rings. The maximum atomic E-state index is 10.9. The van der Waals surface area contributed by atoms with Crippen molar-refractivity contribution in [1.82, 2.24) is 0 Å². The van der Waals surface area contributed by atoms with E-state index in [1.165, 1.54) is 18.2 Å². The maximum Gasteiger partial charge on any atom is 0.288 e. The van der Waals surface area contributed by atoms with Crippen LogP contribution >= 0.6 is 46.4 Å². The number of hydrogen-bond donors (Lipinski definition) is 0. The number of alkyl halides is 2. The lowest BCUT2D eigenvalue weighted by Crippen LogP contribution is -2.12. The number of rotatable bonds is 3. The Morgan fingerprint density at radius 2 is 1.65 bits per heavy atom. The van der Waals surface area contributed by atoms with E-state index >= 15 is 0 Å². The molecule has 0 atom stereocenters. The normalized spacial score (nSPS) is 11.4. The number of halogens is 4. The van der Waals surface area contributed by atoms with Gasteiger partial charge in [0, 0.05) is 11.1 Å². The molecule has 0 aromatic heterocycles. The minimum Gasteiger partial charge on any atom is -0.258 e. The summed E-state index contributed by atoms with van der Waals surface area (Å²) in [5.74, 6) is 0. The summed E-state index contributed by atoms with van der Waals surface area (Å²) >= 11 is 24.3. The number of benzene rings is 2. The van der Waals surface area contributed by atoms with E-state index in [0.717, 1.165) is 0 Å². The monoisotopic (exact) mass is 349 g/mol. The molecule has 0 aliphatic carbocycles. The molecule has 0 radical (unpaired) electrons. The first-order chi connectivity index (χ1) is 9.32. The minimum absolute atomic E-state index is 0.0222. The molecule has 0 saturated heterocycles. The smallest absolute Gasteiger partial charge is 0.258 e. The Hall–Kier alpha value is -1.00. The number of hydrogen-bond acceptors (Lipinski definition) is 2. The zero-order valence-corrected chi connectivity index (χ0v) is 12.8. The molecule has 2 aromatic carbocycles. The van der Waals surface area contributed by atoms with Crippen molar-refractivity contribution in [3.05, 3.63) is 73.8 Å². The second-order valence-corrected chi connectivity index (χ2v) is 6.18. The molecule has 20 heavy (non-hydrogen) atoms. The molecular weight excluding hydrogens is 344 g/mol. The van der Waals surface area contributed by atoms with Crippen LogP contribution in [-0.4, -0.2) is 4.92 Å². The first kappa shape index (κ1) is 15.4. The van der Waals surface area contributed by atoms with E-state index in [1.807, 2.05) is 0 Å². The van der Waals surface area contributed by atoms with Gasteiger partial charge < -0.3 is 0 Å². The molecule has 0 bridgehead atoms. The van der Waals surface area contributed by atoms with Crippen LogP contribution in [0.5, 0.6) is 0 Å². The Kier molecular flexibility index (Phi) is 4.45. The highest BCUT2D eigenvalue weighted by Gasteiger charge is 2.31. The third kappa shape index (κ3) is 3.01. The highest BCUT2D eigenvalue weighted by Crippen LogP contribution is 2.43. The van der Waals surface area contributed by atoms with Gasteiger partial charge in [0.15, 0.2) is 4.33 Å². The first-order valence-corrected chi connectivity index (χ1v) is 6.92. The lowest BCUT2D eigenvalue weighted by molar-refractivity contribution is -0.384. The fraction of sp³-hybridized carbons (Fsp3) is 0.0769. The van der Waals surface area contributed by atoms with Crippen LogP contribution in [0.25, 0.3) is 0 Å². The first-order valence-electron chi connectivity index (χ1n) is 5.40. The van der Waals surface area contributed by atoms with Gasteiger partial charge in [-0.2, -0.15) is 0 Å². The Labute approximate surface area is 135 Å². The van der Waals surface area contributed by atoms with Crippen molar-refractivity contribution < 1.29 is 4.92 Å². The van der Waals surface area contributed by atoms with Gasteiger partial charge in [-0.05, 0) is 29.3 Å². The standard InChI is InChI=1S/C13H7Cl4NO2/c14-10-3-1-2-8(6-10)13(16,17)9-4-5-11(15)12(7-9)18(19)20/h1-7H. The maximum absolute atomic E-state index is 10.9. The molecule has 0 aliphatic heterocycles. The van der Waals surface area contributed by atoms with Gasteiger partial charge in [0.25, 0.3) is 5.69 Å². The van der Waals surface area contributed by atoms with Crippen LogP contribution in [0.4, 0.5) is 5.69 Å².